The van der Waals surface area contributed by atoms with Crippen LogP contribution in [0.15, 0.2) is 53.0 Å². The first-order valence-electron chi connectivity index (χ1n) is 7.52. The quantitative estimate of drug-likeness (QED) is 0.589. The zero-order valence-corrected chi connectivity index (χ0v) is 14.9. The molecule has 0 bridgehead atoms. The summed E-state index contributed by atoms with van der Waals surface area (Å²) in [6.07, 6.45) is -0.0363. The van der Waals surface area contributed by atoms with Gasteiger partial charge in [-0.15, -0.1) is 0 Å². The van der Waals surface area contributed by atoms with Crippen LogP contribution in [0.25, 0.3) is 0 Å². The van der Waals surface area contributed by atoms with E-state index in [-0.39, 0.29) is 12.2 Å². The van der Waals surface area contributed by atoms with E-state index in [2.05, 4.69) is 33.1 Å². The Hall–Kier alpha value is -2.78. The molecule has 0 aliphatic carbocycles. The molecule has 0 heterocycles. The van der Waals surface area contributed by atoms with Crippen molar-refractivity contribution in [3.05, 3.63) is 69.7 Å². The van der Waals surface area contributed by atoms with Crippen molar-refractivity contribution >= 4 is 28.0 Å². The second kappa shape index (κ2) is 9.50. The number of carbonyl (C=O) groups excluding carboxylic acids is 1. The maximum absolute atomic E-state index is 11.6. The molecule has 2 aromatic carbocycles. The largest absolute Gasteiger partial charge is 0.478 e. The molecule has 6 heteroatoms. The number of halogens is 1. The second-order valence-electron chi connectivity index (χ2n) is 5.04. The molecule has 0 radical (unpaired) electrons. The number of hydrogen-bond donors (Lipinski definition) is 2. The third-order valence-corrected chi connectivity index (χ3v) is 3.83. The Morgan fingerprint density at radius 1 is 1.16 bits per heavy atom. The molecule has 0 aromatic heterocycles. The third kappa shape index (κ3) is 6.32. The number of rotatable bonds is 5. The highest BCUT2D eigenvalue weighted by Crippen LogP contribution is 2.17. The molecule has 2 N–H and O–H groups in total. The second-order valence-corrected chi connectivity index (χ2v) is 5.89. The van der Waals surface area contributed by atoms with Gasteiger partial charge in [0.2, 0.25) is 0 Å². The number of amides is 1. The van der Waals surface area contributed by atoms with Crippen LogP contribution < -0.4 is 5.32 Å². The Kier molecular flexibility index (Phi) is 7.05. The average molecular weight is 402 g/mol. The number of carboxylic acids is 1. The van der Waals surface area contributed by atoms with E-state index < -0.39 is 12.1 Å². The lowest BCUT2D eigenvalue weighted by atomic mass is 10.1. The van der Waals surface area contributed by atoms with Crippen molar-refractivity contribution in [1.29, 1.82) is 0 Å². The number of carbonyl (C=O) groups is 2. The van der Waals surface area contributed by atoms with Crippen molar-refractivity contribution in [2.45, 2.75) is 13.0 Å². The molecule has 5 nitrogen and oxygen atoms in total. The lowest BCUT2D eigenvalue weighted by Gasteiger charge is -2.05. The predicted octanol–water partition coefficient (Wildman–Crippen LogP) is 3.82. The van der Waals surface area contributed by atoms with Crippen LogP contribution in [0.1, 0.15) is 27.9 Å². The minimum atomic E-state index is -0.988. The molecule has 2 rings (SSSR count). The zero-order valence-electron chi connectivity index (χ0n) is 13.3. The Bertz CT molecular complexity index is 809. The smallest absolute Gasteiger partial charge is 0.407 e. The van der Waals surface area contributed by atoms with E-state index in [1.165, 1.54) is 12.1 Å². The minimum absolute atomic E-state index is 0.195. The Morgan fingerprint density at radius 2 is 1.92 bits per heavy atom. The number of carboxylic acid groups (broad SMARTS) is 1. The SMILES string of the molecule is O=C(NCCC#Cc1ccc(C(=O)O)cc1Br)OCc1ccccc1. The first kappa shape index (κ1) is 18.6. The Morgan fingerprint density at radius 3 is 2.60 bits per heavy atom. The molecular formula is C19H16BrNO4. The molecule has 1 amide bonds. The Balaban J connectivity index is 1.73. The summed E-state index contributed by atoms with van der Waals surface area (Å²) in [5.74, 6) is 4.86. The number of nitrogens with one attached hydrogen (secondary N) is 1. The molecule has 0 unspecified atom stereocenters. The van der Waals surface area contributed by atoms with Gasteiger partial charge in [0.25, 0.3) is 0 Å². The van der Waals surface area contributed by atoms with Crippen LogP contribution in [0.2, 0.25) is 0 Å². The van der Waals surface area contributed by atoms with E-state index in [9.17, 15) is 9.59 Å². The molecule has 25 heavy (non-hydrogen) atoms. The van der Waals surface area contributed by atoms with Crippen molar-refractivity contribution in [2.75, 3.05) is 6.54 Å². The molecule has 2 aromatic rings. The molecule has 0 aliphatic rings. The van der Waals surface area contributed by atoms with E-state index in [1.807, 2.05) is 30.3 Å². The number of benzene rings is 2. The molecule has 0 saturated heterocycles. The summed E-state index contributed by atoms with van der Waals surface area (Å²) in [5.41, 5.74) is 1.81. The van der Waals surface area contributed by atoms with Crippen LogP contribution in [0, 0.1) is 11.8 Å². The van der Waals surface area contributed by atoms with E-state index in [1.54, 1.807) is 6.07 Å². The summed E-state index contributed by atoms with van der Waals surface area (Å²) in [7, 11) is 0. The summed E-state index contributed by atoms with van der Waals surface area (Å²) < 4.78 is 5.71. The van der Waals surface area contributed by atoms with Gasteiger partial charge in [0, 0.05) is 23.0 Å². The van der Waals surface area contributed by atoms with Gasteiger partial charge < -0.3 is 15.2 Å². The normalized spacial score (nSPS) is 9.64. The highest BCUT2D eigenvalue weighted by molar-refractivity contribution is 9.10. The summed E-state index contributed by atoms with van der Waals surface area (Å²) in [4.78, 5) is 22.4. The standard InChI is InChI=1S/C19H16BrNO4/c20-17-12-16(18(22)23)10-9-15(17)8-4-5-11-21-19(24)25-13-14-6-2-1-3-7-14/h1-3,6-7,9-10,12H,5,11,13H2,(H,21,24)(H,22,23). The number of aromatic carboxylic acids is 1. The van der Waals surface area contributed by atoms with Crippen LogP contribution >= 0.6 is 15.9 Å². The monoisotopic (exact) mass is 401 g/mol. The van der Waals surface area contributed by atoms with Gasteiger partial charge in [-0.05, 0) is 39.7 Å². The van der Waals surface area contributed by atoms with Crippen molar-refractivity contribution < 1.29 is 19.4 Å². The van der Waals surface area contributed by atoms with Gasteiger partial charge >= 0.3 is 12.1 Å². The zero-order chi connectivity index (χ0) is 18.1. The predicted molar refractivity (Wildman–Crippen MR) is 97.2 cm³/mol. The molecule has 0 atom stereocenters. The van der Waals surface area contributed by atoms with E-state index in [4.69, 9.17) is 9.84 Å². The van der Waals surface area contributed by atoms with Crippen molar-refractivity contribution in [3.8, 4) is 11.8 Å². The molecule has 128 valence electrons. The van der Waals surface area contributed by atoms with Crippen LogP contribution in [0.4, 0.5) is 4.79 Å². The molecular weight excluding hydrogens is 386 g/mol. The van der Waals surface area contributed by atoms with Crippen LogP contribution in [0.5, 0.6) is 0 Å². The maximum Gasteiger partial charge on any atom is 0.407 e. The van der Waals surface area contributed by atoms with Crippen molar-refractivity contribution in [3.63, 3.8) is 0 Å². The number of ether oxygens (including phenoxy) is 1. The van der Waals surface area contributed by atoms with E-state index in [0.717, 1.165) is 5.56 Å². The fourth-order valence-corrected chi connectivity index (χ4v) is 2.39. The minimum Gasteiger partial charge on any atom is -0.478 e. The van der Waals surface area contributed by atoms with Crippen LogP contribution in [-0.4, -0.2) is 23.7 Å². The fourth-order valence-electron chi connectivity index (χ4n) is 1.91. The third-order valence-electron chi connectivity index (χ3n) is 3.17. The van der Waals surface area contributed by atoms with Gasteiger partial charge in [0.05, 0.1) is 5.56 Å². The Labute approximate surface area is 154 Å². The lowest BCUT2D eigenvalue weighted by molar-refractivity contribution is 0.0696. The summed E-state index contributed by atoms with van der Waals surface area (Å²) in [5, 5.41) is 11.5. The van der Waals surface area contributed by atoms with Crippen molar-refractivity contribution in [1.82, 2.24) is 5.32 Å². The van der Waals surface area contributed by atoms with Gasteiger partial charge in [0.15, 0.2) is 0 Å². The molecule has 0 saturated carbocycles. The molecule has 0 fully saturated rings. The molecule has 0 aliphatic heterocycles. The average Bonchev–Trinajstić information content (AvgIpc) is 2.61. The van der Waals surface area contributed by atoms with Crippen LogP contribution in [0.3, 0.4) is 0 Å². The summed E-state index contributed by atoms with van der Waals surface area (Å²) in [6.45, 7) is 0.590. The highest BCUT2D eigenvalue weighted by atomic mass is 79.9. The van der Waals surface area contributed by atoms with E-state index in [0.29, 0.717) is 23.0 Å². The van der Waals surface area contributed by atoms with Gasteiger partial charge in [-0.1, -0.05) is 42.2 Å². The fraction of sp³-hybridized carbons (Fsp3) is 0.158. The number of alkyl carbamates (subject to hydrolysis) is 1. The van der Waals surface area contributed by atoms with Gasteiger partial charge in [0.1, 0.15) is 6.61 Å². The van der Waals surface area contributed by atoms with Gasteiger partial charge in [-0.3, -0.25) is 0 Å². The van der Waals surface area contributed by atoms with E-state index >= 15 is 0 Å². The first-order valence-corrected chi connectivity index (χ1v) is 8.32. The summed E-state index contributed by atoms with van der Waals surface area (Å²) in [6, 6.07) is 14.1. The highest BCUT2D eigenvalue weighted by Gasteiger charge is 2.05. The lowest BCUT2D eigenvalue weighted by Crippen LogP contribution is -2.24. The first-order chi connectivity index (χ1) is 12.1. The summed E-state index contributed by atoms with van der Waals surface area (Å²) >= 11 is 3.29. The van der Waals surface area contributed by atoms with Gasteiger partial charge in [-0.2, -0.15) is 0 Å². The van der Waals surface area contributed by atoms with Gasteiger partial charge in [-0.25, -0.2) is 9.59 Å². The van der Waals surface area contributed by atoms with Crippen molar-refractivity contribution in [2.24, 2.45) is 0 Å². The van der Waals surface area contributed by atoms with Crippen LogP contribution in [-0.2, 0) is 11.3 Å². The number of hydrogen-bond acceptors (Lipinski definition) is 3. The topological polar surface area (TPSA) is 75.6 Å². The molecule has 0 spiro atoms. The maximum atomic E-state index is 11.6.